The topological polar surface area (TPSA) is 56.3 Å². The lowest BCUT2D eigenvalue weighted by Gasteiger charge is -2.24. The number of imidazole rings is 1. The van der Waals surface area contributed by atoms with Gasteiger partial charge in [0.15, 0.2) is 5.58 Å². The average Bonchev–Trinajstić information content (AvgIpc) is 3.58. The zero-order valence-corrected chi connectivity index (χ0v) is 21.2. The molecule has 0 N–H and O–H groups in total. The fourth-order valence-corrected chi connectivity index (χ4v) is 4.94. The number of fused-ring (bicyclic) bond motifs is 3. The third-order valence-corrected chi connectivity index (χ3v) is 6.71. The standard InChI is InChI=1S/C33H24N4O2/c1-36-19-18-35-33(36)23-10-9-13-25(20-23)38-26-21-28-27-14-5-6-15-30(27)39-32(28)29(22-26)37(24-11-3-2-4-12-24)31-16-7-8-17-34-31/h2-22H,1H3. The summed E-state index contributed by atoms with van der Waals surface area (Å²) in [6.07, 6.45) is 5.52. The molecule has 7 aromatic rings. The molecule has 0 unspecified atom stereocenters. The number of hydrogen-bond acceptors (Lipinski definition) is 5. The molecule has 0 amide bonds. The van der Waals surface area contributed by atoms with Crippen LogP contribution in [0.25, 0.3) is 33.3 Å². The minimum Gasteiger partial charge on any atom is -0.457 e. The number of rotatable bonds is 6. The smallest absolute Gasteiger partial charge is 0.159 e. The number of nitrogens with zero attached hydrogens (tertiary/aromatic N) is 4. The van der Waals surface area contributed by atoms with Gasteiger partial charge < -0.3 is 13.7 Å². The normalized spacial score (nSPS) is 11.2. The molecule has 0 saturated carbocycles. The monoisotopic (exact) mass is 508 g/mol. The first kappa shape index (κ1) is 22.8. The van der Waals surface area contributed by atoms with Crippen molar-refractivity contribution in [3.63, 3.8) is 0 Å². The van der Waals surface area contributed by atoms with Gasteiger partial charge >= 0.3 is 0 Å². The predicted molar refractivity (Wildman–Crippen MR) is 155 cm³/mol. The third-order valence-electron chi connectivity index (χ3n) is 6.71. The Balaban J connectivity index is 1.43. The van der Waals surface area contributed by atoms with Gasteiger partial charge in [-0.3, -0.25) is 4.90 Å². The summed E-state index contributed by atoms with van der Waals surface area (Å²) in [6.45, 7) is 0. The molecule has 3 aromatic heterocycles. The second-order valence-electron chi connectivity index (χ2n) is 9.27. The van der Waals surface area contributed by atoms with E-state index in [1.807, 2.05) is 109 Å². The van der Waals surface area contributed by atoms with Gasteiger partial charge in [0.2, 0.25) is 0 Å². The second kappa shape index (κ2) is 9.50. The molecule has 0 radical (unpaired) electrons. The minimum atomic E-state index is 0.693. The third kappa shape index (κ3) is 4.18. The SMILES string of the molecule is Cn1ccnc1-c1cccc(Oc2cc(N(c3ccccc3)c3ccccn3)c3oc4ccccc4c3c2)c1. The Labute approximate surface area is 225 Å². The molecule has 0 spiro atoms. The number of furan rings is 1. The molecule has 0 fully saturated rings. The summed E-state index contributed by atoms with van der Waals surface area (Å²) in [4.78, 5) is 11.3. The van der Waals surface area contributed by atoms with Crippen molar-refractivity contribution < 1.29 is 9.15 Å². The summed E-state index contributed by atoms with van der Waals surface area (Å²) in [5.41, 5.74) is 4.36. The van der Waals surface area contributed by atoms with Crippen LogP contribution in [0.15, 0.2) is 132 Å². The van der Waals surface area contributed by atoms with Crippen LogP contribution < -0.4 is 9.64 Å². The van der Waals surface area contributed by atoms with Gasteiger partial charge in [0.1, 0.15) is 28.7 Å². The van der Waals surface area contributed by atoms with Gasteiger partial charge in [-0.1, -0.05) is 54.6 Å². The number of anilines is 3. The van der Waals surface area contributed by atoms with Crippen molar-refractivity contribution in [1.29, 1.82) is 0 Å². The van der Waals surface area contributed by atoms with Crippen LogP contribution in [-0.2, 0) is 7.05 Å². The molecule has 0 aliphatic carbocycles. The fourth-order valence-electron chi connectivity index (χ4n) is 4.94. The van der Waals surface area contributed by atoms with Gasteiger partial charge in [0, 0.05) is 53.7 Å². The highest BCUT2D eigenvalue weighted by Gasteiger charge is 2.22. The predicted octanol–water partition coefficient (Wildman–Crippen LogP) is 8.64. The van der Waals surface area contributed by atoms with E-state index in [4.69, 9.17) is 9.15 Å². The summed E-state index contributed by atoms with van der Waals surface area (Å²) >= 11 is 0. The van der Waals surface area contributed by atoms with Crippen molar-refractivity contribution in [2.75, 3.05) is 4.90 Å². The Morgan fingerprint density at radius 1 is 0.718 bits per heavy atom. The van der Waals surface area contributed by atoms with Gasteiger partial charge in [-0.25, -0.2) is 9.97 Å². The van der Waals surface area contributed by atoms with Crippen molar-refractivity contribution >= 4 is 39.1 Å². The van der Waals surface area contributed by atoms with Crippen LogP contribution in [0, 0.1) is 0 Å². The van der Waals surface area contributed by atoms with Crippen LogP contribution in [0.5, 0.6) is 11.5 Å². The number of pyridine rings is 1. The molecular weight excluding hydrogens is 484 g/mol. The van der Waals surface area contributed by atoms with Gasteiger partial charge in [-0.2, -0.15) is 0 Å². The van der Waals surface area contributed by atoms with E-state index in [0.717, 1.165) is 56.3 Å². The lowest BCUT2D eigenvalue weighted by molar-refractivity contribution is 0.483. The van der Waals surface area contributed by atoms with E-state index >= 15 is 0 Å². The Morgan fingerprint density at radius 2 is 1.56 bits per heavy atom. The first-order valence-electron chi connectivity index (χ1n) is 12.7. The highest BCUT2D eigenvalue weighted by atomic mass is 16.5. The Bertz CT molecular complexity index is 1870. The van der Waals surface area contributed by atoms with Crippen LogP contribution >= 0.6 is 0 Å². The molecule has 39 heavy (non-hydrogen) atoms. The maximum absolute atomic E-state index is 6.52. The van der Waals surface area contributed by atoms with Gasteiger partial charge in [0.05, 0.1) is 5.69 Å². The van der Waals surface area contributed by atoms with E-state index in [1.54, 1.807) is 12.4 Å². The van der Waals surface area contributed by atoms with Crippen LogP contribution in [0.1, 0.15) is 0 Å². The van der Waals surface area contributed by atoms with E-state index in [0.29, 0.717) is 5.75 Å². The van der Waals surface area contributed by atoms with Crippen LogP contribution in [0.4, 0.5) is 17.2 Å². The van der Waals surface area contributed by atoms with E-state index in [2.05, 4.69) is 33.1 Å². The molecule has 4 aromatic carbocycles. The number of benzene rings is 4. The van der Waals surface area contributed by atoms with Crippen molar-refractivity contribution in [3.05, 3.63) is 128 Å². The van der Waals surface area contributed by atoms with Crippen molar-refractivity contribution in [1.82, 2.24) is 14.5 Å². The van der Waals surface area contributed by atoms with E-state index < -0.39 is 0 Å². The number of ether oxygens (including phenoxy) is 1. The van der Waals surface area contributed by atoms with Crippen molar-refractivity contribution in [2.45, 2.75) is 0 Å². The van der Waals surface area contributed by atoms with Crippen molar-refractivity contribution in [2.24, 2.45) is 7.05 Å². The maximum atomic E-state index is 6.52. The number of aryl methyl sites for hydroxylation is 1. The molecule has 7 rings (SSSR count). The zero-order chi connectivity index (χ0) is 26.2. The van der Waals surface area contributed by atoms with Crippen LogP contribution in [0.2, 0.25) is 0 Å². The molecule has 0 aliphatic heterocycles. The van der Waals surface area contributed by atoms with E-state index in [1.165, 1.54) is 0 Å². The number of para-hydroxylation sites is 2. The number of aromatic nitrogens is 3. The first-order chi connectivity index (χ1) is 19.2. The summed E-state index contributed by atoms with van der Waals surface area (Å²) in [5, 5.41) is 1.99. The Morgan fingerprint density at radius 3 is 2.38 bits per heavy atom. The summed E-state index contributed by atoms with van der Waals surface area (Å²) in [6, 6.07) is 36.2. The maximum Gasteiger partial charge on any atom is 0.159 e. The van der Waals surface area contributed by atoms with Crippen molar-refractivity contribution in [3.8, 4) is 22.9 Å². The molecule has 6 nitrogen and oxygen atoms in total. The molecule has 6 heteroatoms. The Hall–Kier alpha value is -5.36. The van der Waals surface area contributed by atoms with E-state index in [-0.39, 0.29) is 0 Å². The molecule has 0 saturated heterocycles. The molecule has 188 valence electrons. The lowest BCUT2D eigenvalue weighted by Crippen LogP contribution is -2.11. The largest absolute Gasteiger partial charge is 0.457 e. The second-order valence-corrected chi connectivity index (χ2v) is 9.27. The Kier molecular flexibility index (Phi) is 5.56. The molecular formula is C33H24N4O2. The molecule has 0 aliphatic rings. The highest BCUT2D eigenvalue weighted by Crippen LogP contribution is 2.44. The highest BCUT2D eigenvalue weighted by molar-refractivity contribution is 6.10. The molecule has 0 bridgehead atoms. The van der Waals surface area contributed by atoms with E-state index in [9.17, 15) is 0 Å². The lowest BCUT2D eigenvalue weighted by atomic mass is 10.1. The zero-order valence-electron chi connectivity index (χ0n) is 21.2. The fraction of sp³-hybridized carbons (Fsp3) is 0.0303. The van der Waals surface area contributed by atoms with Gasteiger partial charge in [-0.05, 0) is 48.5 Å². The number of hydrogen-bond donors (Lipinski definition) is 0. The van der Waals surface area contributed by atoms with Crippen LogP contribution in [-0.4, -0.2) is 14.5 Å². The van der Waals surface area contributed by atoms with Gasteiger partial charge in [-0.15, -0.1) is 0 Å². The van der Waals surface area contributed by atoms with Gasteiger partial charge in [0.25, 0.3) is 0 Å². The summed E-state index contributed by atoms with van der Waals surface area (Å²) < 4.78 is 15.0. The summed E-state index contributed by atoms with van der Waals surface area (Å²) in [5.74, 6) is 3.07. The molecule has 0 atom stereocenters. The summed E-state index contributed by atoms with van der Waals surface area (Å²) in [7, 11) is 1.98. The minimum absolute atomic E-state index is 0.693. The molecule has 3 heterocycles. The van der Waals surface area contributed by atoms with Crippen LogP contribution in [0.3, 0.4) is 0 Å². The quantitative estimate of drug-likeness (QED) is 0.225. The first-order valence-corrected chi connectivity index (χ1v) is 12.7. The average molecular weight is 509 g/mol.